The second-order valence-electron chi connectivity index (χ2n) is 4.00. The summed E-state index contributed by atoms with van der Waals surface area (Å²) in [5.41, 5.74) is 0. The molecule has 2 rings (SSSR count). The third-order valence-electron chi connectivity index (χ3n) is 2.76. The van der Waals surface area contributed by atoms with Gasteiger partial charge in [0, 0.05) is 30.8 Å². The maximum absolute atomic E-state index is 5.44. The molecule has 1 aromatic rings. The quantitative estimate of drug-likeness (QED) is 0.859. The van der Waals surface area contributed by atoms with Crippen LogP contribution in [0.3, 0.4) is 0 Å². The van der Waals surface area contributed by atoms with Crippen molar-refractivity contribution in [2.75, 3.05) is 13.2 Å². The molecule has 2 atom stereocenters. The number of aromatic nitrogens is 1. The summed E-state index contributed by atoms with van der Waals surface area (Å²) in [6.45, 7) is 4.00. The fourth-order valence-electron chi connectivity index (χ4n) is 1.94. The van der Waals surface area contributed by atoms with Crippen molar-refractivity contribution in [1.29, 1.82) is 0 Å². The lowest BCUT2D eigenvalue weighted by Crippen LogP contribution is -2.31. The fourth-order valence-corrected chi connectivity index (χ4v) is 2.60. The molecular weight excluding hydrogens is 208 g/mol. The lowest BCUT2D eigenvalue weighted by molar-refractivity contribution is 0.142. The molecular formula is C11H18N2OS. The van der Waals surface area contributed by atoms with Crippen molar-refractivity contribution in [3.63, 3.8) is 0 Å². The number of hydrogen-bond donors (Lipinski definition) is 1. The van der Waals surface area contributed by atoms with Gasteiger partial charge in [-0.3, -0.25) is 0 Å². The molecule has 0 aromatic carbocycles. The molecule has 0 radical (unpaired) electrons. The van der Waals surface area contributed by atoms with Crippen molar-refractivity contribution < 1.29 is 4.74 Å². The third kappa shape index (κ3) is 3.26. The minimum Gasteiger partial charge on any atom is -0.381 e. The Kier molecular flexibility index (Phi) is 4.11. The van der Waals surface area contributed by atoms with E-state index in [9.17, 15) is 0 Å². The van der Waals surface area contributed by atoms with Crippen molar-refractivity contribution in [2.24, 2.45) is 0 Å². The number of hydrogen-bond acceptors (Lipinski definition) is 4. The van der Waals surface area contributed by atoms with E-state index in [2.05, 4.69) is 17.2 Å². The lowest BCUT2D eigenvalue weighted by Gasteiger charge is -2.19. The van der Waals surface area contributed by atoms with Crippen LogP contribution in [0.4, 0.5) is 0 Å². The first kappa shape index (κ1) is 11.0. The van der Waals surface area contributed by atoms with Gasteiger partial charge in [-0.2, -0.15) is 0 Å². The number of thiazole rings is 1. The van der Waals surface area contributed by atoms with E-state index in [0.717, 1.165) is 19.6 Å². The molecule has 4 heteroatoms. The van der Waals surface area contributed by atoms with E-state index in [1.54, 1.807) is 11.3 Å². The zero-order valence-corrected chi connectivity index (χ0v) is 9.93. The van der Waals surface area contributed by atoms with Crippen LogP contribution in [0, 0.1) is 0 Å². The van der Waals surface area contributed by atoms with E-state index >= 15 is 0 Å². The van der Waals surface area contributed by atoms with Gasteiger partial charge in [0.15, 0.2) is 0 Å². The first-order valence-electron chi connectivity index (χ1n) is 5.59. The highest BCUT2D eigenvalue weighted by Crippen LogP contribution is 2.18. The van der Waals surface area contributed by atoms with Gasteiger partial charge in [-0.15, -0.1) is 11.3 Å². The molecule has 15 heavy (non-hydrogen) atoms. The molecule has 0 aliphatic carbocycles. The smallest absolute Gasteiger partial charge is 0.109 e. The van der Waals surface area contributed by atoms with E-state index in [1.165, 1.54) is 17.8 Å². The van der Waals surface area contributed by atoms with Gasteiger partial charge in [0.25, 0.3) is 0 Å². The molecule has 1 aromatic heterocycles. The summed E-state index contributed by atoms with van der Waals surface area (Å²) in [4.78, 5) is 4.33. The monoisotopic (exact) mass is 226 g/mol. The molecule has 1 aliphatic rings. The minimum absolute atomic E-state index is 0.369. The number of rotatable bonds is 3. The minimum atomic E-state index is 0.369. The van der Waals surface area contributed by atoms with Crippen LogP contribution in [0.15, 0.2) is 11.6 Å². The van der Waals surface area contributed by atoms with Crippen LogP contribution >= 0.6 is 11.3 Å². The Morgan fingerprint density at radius 1 is 1.53 bits per heavy atom. The molecule has 84 valence electrons. The van der Waals surface area contributed by atoms with Gasteiger partial charge in [-0.1, -0.05) is 0 Å². The van der Waals surface area contributed by atoms with Crippen molar-refractivity contribution >= 4 is 11.3 Å². The highest BCUT2D eigenvalue weighted by Gasteiger charge is 2.16. The van der Waals surface area contributed by atoms with Crippen LogP contribution < -0.4 is 5.32 Å². The predicted molar refractivity (Wildman–Crippen MR) is 62.1 cm³/mol. The topological polar surface area (TPSA) is 34.1 Å². The highest BCUT2D eigenvalue weighted by atomic mass is 32.1. The average molecular weight is 226 g/mol. The average Bonchev–Trinajstić information content (AvgIpc) is 2.65. The van der Waals surface area contributed by atoms with Crippen molar-refractivity contribution in [2.45, 2.75) is 38.3 Å². The second-order valence-corrected chi connectivity index (χ2v) is 4.93. The molecule has 0 bridgehead atoms. The molecule has 0 spiro atoms. The summed E-state index contributed by atoms with van der Waals surface area (Å²) in [7, 11) is 0. The van der Waals surface area contributed by atoms with Crippen LogP contribution in [0.1, 0.15) is 37.2 Å². The largest absolute Gasteiger partial charge is 0.381 e. The number of ether oxygens (including phenoxy) is 1. The normalized spacial score (nSPS) is 24.7. The Morgan fingerprint density at radius 2 is 2.47 bits per heavy atom. The summed E-state index contributed by atoms with van der Waals surface area (Å²) in [6, 6.07) is 0.958. The van der Waals surface area contributed by atoms with Gasteiger partial charge in [-0.25, -0.2) is 4.98 Å². The molecule has 1 aliphatic heterocycles. The van der Waals surface area contributed by atoms with E-state index < -0.39 is 0 Å². The molecule has 1 fully saturated rings. The predicted octanol–water partition coefficient (Wildman–Crippen LogP) is 2.36. The Bertz CT molecular complexity index is 268. The summed E-state index contributed by atoms with van der Waals surface area (Å²) < 4.78 is 5.44. The summed E-state index contributed by atoms with van der Waals surface area (Å²) >= 11 is 1.72. The summed E-state index contributed by atoms with van der Waals surface area (Å²) in [6.07, 6.45) is 5.38. The molecule has 1 N–H and O–H groups in total. The zero-order valence-electron chi connectivity index (χ0n) is 9.11. The van der Waals surface area contributed by atoms with E-state index in [1.807, 2.05) is 11.6 Å². The third-order valence-corrected chi connectivity index (χ3v) is 3.72. The Hall–Kier alpha value is -0.450. The summed E-state index contributed by atoms with van der Waals surface area (Å²) in [5, 5.41) is 6.84. The van der Waals surface area contributed by atoms with Crippen molar-refractivity contribution in [3.8, 4) is 0 Å². The Morgan fingerprint density at radius 3 is 3.27 bits per heavy atom. The van der Waals surface area contributed by atoms with Gasteiger partial charge in [0.05, 0.1) is 6.04 Å². The van der Waals surface area contributed by atoms with Gasteiger partial charge < -0.3 is 10.1 Å². The molecule has 3 nitrogen and oxygen atoms in total. The van der Waals surface area contributed by atoms with Crippen LogP contribution in [-0.4, -0.2) is 24.2 Å². The maximum Gasteiger partial charge on any atom is 0.109 e. The first-order chi connectivity index (χ1) is 7.36. The van der Waals surface area contributed by atoms with Gasteiger partial charge in [0.2, 0.25) is 0 Å². The van der Waals surface area contributed by atoms with Crippen molar-refractivity contribution in [3.05, 3.63) is 16.6 Å². The molecule has 0 saturated carbocycles. The summed E-state index contributed by atoms with van der Waals surface area (Å²) in [5.74, 6) is 0. The number of nitrogens with zero attached hydrogens (tertiary/aromatic N) is 1. The standard InChI is InChI=1S/C11H18N2OS/c1-9(11-12-5-8-15-11)13-10-3-2-6-14-7-4-10/h5,8-10,13H,2-4,6-7H2,1H3. The second kappa shape index (κ2) is 5.58. The van der Waals surface area contributed by atoms with Gasteiger partial charge in [0.1, 0.15) is 5.01 Å². The lowest BCUT2D eigenvalue weighted by atomic mass is 10.1. The maximum atomic E-state index is 5.44. The van der Waals surface area contributed by atoms with Crippen LogP contribution in [0.25, 0.3) is 0 Å². The molecule has 0 amide bonds. The van der Waals surface area contributed by atoms with Crippen LogP contribution in [0.5, 0.6) is 0 Å². The molecule has 2 unspecified atom stereocenters. The van der Waals surface area contributed by atoms with Gasteiger partial charge >= 0.3 is 0 Å². The number of nitrogens with one attached hydrogen (secondary N) is 1. The molecule has 1 saturated heterocycles. The zero-order chi connectivity index (χ0) is 10.5. The van der Waals surface area contributed by atoms with E-state index in [4.69, 9.17) is 4.74 Å². The van der Waals surface area contributed by atoms with Gasteiger partial charge in [-0.05, 0) is 26.2 Å². The van der Waals surface area contributed by atoms with Crippen molar-refractivity contribution in [1.82, 2.24) is 10.3 Å². The van der Waals surface area contributed by atoms with Crippen LogP contribution in [0.2, 0.25) is 0 Å². The first-order valence-corrected chi connectivity index (χ1v) is 6.47. The van der Waals surface area contributed by atoms with E-state index in [-0.39, 0.29) is 0 Å². The Balaban J connectivity index is 1.84. The SMILES string of the molecule is CC(NC1CCCOCC1)c1nccs1. The van der Waals surface area contributed by atoms with E-state index in [0.29, 0.717) is 12.1 Å². The fraction of sp³-hybridized carbons (Fsp3) is 0.727. The highest BCUT2D eigenvalue weighted by molar-refractivity contribution is 7.09. The van der Waals surface area contributed by atoms with Crippen LogP contribution in [-0.2, 0) is 4.74 Å². The Labute approximate surface area is 94.9 Å². The molecule has 2 heterocycles.